The van der Waals surface area contributed by atoms with E-state index in [9.17, 15) is 26.4 Å². The molecule has 3 rings (SSSR count). The Hall–Kier alpha value is -1.36. The minimum absolute atomic E-state index is 0.0783. The van der Waals surface area contributed by atoms with E-state index >= 15 is 0 Å². The molecule has 0 spiro atoms. The first-order valence-corrected chi connectivity index (χ1v) is 12.6. The van der Waals surface area contributed by atoms with Crippen molar-refractivity contribution in [2.45, 2.75) is 50.2 Å². The van der Waals surface area contributed by atoms with Crippen molar-refractivity contribution in [1.29, 1.82) is 0 Å². The topological polar surface area (TPSA) is 69.7 Å². The highest BCUT2D eigenvalue weighted by Gasteiger charge is 2.37. The molecule has 2 heterocycles. The first-order chi connectivity index (χ1) is 14.9. The molecule has 0 radical (unpaired) electrons. The van der Waals surface area contributed by atoms with Gasteiger partial charge in [0.25, 0.3) is 0 Å². The van der Waals surface area contributed by atoms with Crippen molar-refractivity contribution in [3.05, 3.63) is 28.8 Å². The Balaban J connectivity index is 1.55. The molecule has 0 aliphatic carbocycles. The number of carbonyl (C=O) groups is 1. The summed E-state index contributed by atoms with van der Waals surface area (Å²) in [7, 11) is -4.11. The van der Waals surface area contributed by atoms with Crippen LogP contribution < -0.4 is 5.32 Å². The van der Waals surface area contributed by atoms with Crippen molar-refractivity contribution < 1.29 is 26.4 Å². The Kier molecular flexibility index (Phi) is 7.79. The van der Waals surface area contributed by atoms with Gasteiger partial charge < -0.3 is 10.2 Å². The summed E-state index contributed by atoms with van der Waals surface area (Å²) >= 11 is 5.60. The third-order valence-electron chi connectivity index (χ3n) is 6.32. The molecule has 0 aromatic heterocycles. The fraction of sp³-hybridized carbons (Fsp3) is 0.667. The summed E-state index contributed by atoms with van der Waals surface area (Å²) in [5.41, 5.74) is -1.18. The van der Waals surface area contributed by atoms with Crippen LogP contribution in [0.1, 0.15) is 38.7 Å². The predicted molar refractivity (Wildman–Crippen MR) is 116 cm³/mol. The van der Waals surface area contributed by atoms with Crippen molar-refractivity contribution >= 4 is 27.5 Å². The van der Waals surface area contributed by atoms with Crippen LogP contribution in [-0.4, -0.2) is 62.3 Å². The van der Waals surface area contributed by atoms with E-state index in [4.69, 9.17) is 11.6 Å². The highest BCUT2D eigenvalue weighted by molar-refractivity contribution is 7.89. The molecule has 1 unspecified atom stereocenters. The number of carbonyl (C=O) groups excluding carboxylic acids is 1. The zero-order valence-electron chi connectivity index (χ0n) is 18.2. The number of rotatable bonds is 6. The molecule has 1 aromatic carbocycles. The number of benzene rings is 1. The molecule has 2 saturated heterocycles. The van der Waals surface area contributed by atoms with E-state index in [-0.39, 0.29) is 24.9 Å². The van der Waals surface area contributed by atoms with E-state index in [2.05, 4.69) is 24.1 Å². The average molecular weight is 496 g/mol. The maximum Gasteiger partial charge on any atom is 0.417 e. The van der Waals surface area contributed by atoms with Crippen LogP contribution in [0.15, 0.2) is 23.1 Å². The summed E-state index contributed by atoms with van der Waals surface area (Å²) < 4.78 is 66.2. The van der Waals surface area contributed by atoms with Gasteiger partial charge >= 0.3 is 6.18 Å². The molecular formula is C21H29ClF3N3O3S. The van der Waals surface area contributed by atoms with Gasteiger partial charge in [-0.25, -0.2) is 8.42 Å². The fourth-order valence-corrected chi connectivity index (χ4v) is 6.00. The van der Waals surface area contributed by atoms with Gasteiger partial charge in [0.2, 0.25) is 15.9 Å². The zero-order valence-corrected chi connectivity index (χ0v) is 19.7. The standard InChI is InChI=1S/C21H29ClF3N3O3S/c1-14(2)27-8-5-15(13-27)12-26-20(29)16-6-9-28(10-7-16)32(30,31)17-3-4-19(22)18(11-17)21(23,24)25/h3-4,11,14-16H,5-10,12-13H2,1-2H3,(H,26,29). The van der Waals surface area contributed by atoms with Crippen LogP contribution >= 0.6 is 11.6 Å². The van der Waals surface area contributed by atoms with Gasteiger partial charge in [0.15, 0.2) is 0 Å². The van der Waals surface area contributed by atoms with Crippen LogP contribution in [0.2, 0.25) is 5.02 Å². The monoisotopic (exact) mass is 495 g/mol. The van der Waals surface area contributed by atoms with Crippen molar-refractivity contribution in [3.8, 4) is 0 Å². The summed E-state index contributed by atoms with van der Waals surface area (Å²) in [6.45, 7) is 7.04. The number of hydrogen-bond acceptors (Lipinski definition) is 4. The molecule has 11 heteroatoms. The number of piperidine rings is 1. The number of nitrogens with zero attached hydrogens (tertiary/aromatic N) is 2. The van der Waals surface area contributed by atoms with Gasteiger partial charge in [-0.1, -0.05) is 11.6 Å². The molecule has 2 fully saturated rings. The van der Waals surface area contributed by atoms with Gasteiger partial charge in [0.1, 0.15) is 0 Å². The Labute approximate surface area is 192 Å². The molecule has 32 heavy (non-hydrogen) atoms. The lowest BCUT2D eigenvalue weighted by molar-refractivity contribution is -0.137. The van der Waals surface area contributed by atoms with Gasteiger partial charge in [-0.2, -0.15) is 17.5 Å². The van der Waals surface area contributed by atoms with Crippen LogP contribution in [0.5, 0.6) is 0 Å². The summed E-state index contributed by atoms with van der Waals surface area (Å²) in [4.78, 5) is 14.5. The highest BCUT2D eigenvalue weighted by Crippen LogP contribution is 2.36. The average Bonchev–Trinajstić information content (AvgIpc) is 3.21. The van der Waals surface area contributed by atoms with Crippen LogP contribution in [0, 0.1) is 11.8 Å². The number of amides is 1. The van der Waals surface area contributed by atoms with Crippen molar-refractivity contribution in [3.63, 3.8) is 0 Å². The largest absolute Gasteiger partial charge is 0.417 e. The molecule has 2 aliphatic rings. The number of alkyl halides is 3. The number of halogens is 4. The number of nitrogens with one attached hydrogen (secondary N) is 1. The molecule has 2 aliphatic heterocycles. The van der Waals surface area contributed by atoms with Crippen LogP contribution in [-0.2, 0) is 21.0 Å². The molecule has 1 amide bonds. The second kappa shape index (κ2) is 9.87. The summed E-state index contributed by atoms with van der Waals surface area (Å²) in [6.07, 6.45) is -3.06. The van der Waals surface area contributed by atoms with Gasteiger partial charge in [-0.3, -0.25) is 4.79 Å². The second-order valence-corrected chi connectivity index (χ2v) is 11.2. The number of sulfonamides is 1. The zero-order chi connectivity index (χ0) is 23.7. The minimum Gasteiger partial charge on any atom is -0.356 e. The Morgan fingerprint density at radius 1 is 1.19 bits per heavy atom. The fourth-order valence-electron chi connectivity index (χ4n) is 4.28. The number of hydrogen-bond donors (Lipinski definition) is 1. The van der Waals surface area contributed by atoms with Crippen LogP contribution in [0.3, 0.4) is 0 Å². The van der Waals surface area contributed by atoms with E-state index in [1.165, 1.54) is 0 Å². The third-order valence-corrected chi connectivity index (χ3v) is 8.54. The molecule has 6 nitrogen and oxygen atoms in total. The molecule has 1 N–H and O–H groups in total. The van der Waals surface area contributed by atoms with Crippen LogP contribution in [0.25, 0.3) is 0 Å². The van der Waals surface area contributed by atoms with Crippen molar-refractivity contribution in [2.24, 2.45) is 11.8 Å². The quantitative estimate of drug-likeness (QED) is 0.654. The maximum atomic E-state index is 13.1. The molecule has 0 bridgehead atoms. The highest BCUT2D eigenvalue weighted by atomic mass is 35.5. The van der Waals surface area contributed by atoms with E-state index in [0.717, 1.165) is 35.9 Å². The summed E-state index contributed by atoms with van der Waals surface area (Å²) in [6, 6.07) is 3.07. The minimum atomic E-state index is -4.75. The van der Waals surface area contributed by atoms with E-state index < -0.39 is 31.7 Å². The Morgan fingerprint density at radius 2 is 1.84 bits per heavy atom. The lowest BCUT2D eigenvalue weighted by atomic mass is 9.97. The second-order valence-electron chi connectivity index (χ2n) is 8.81. The van der Waals surface area contributed by atoms with Crippen LogP contribution in [0.4, 0.5) is 13.2 Å². The normalized spacial score (nSPS) is 21.9. The first kappa shape index (κ1) is 25.3. The predicted octanol–water partition coefficient (Wildman–Crippen LogP) is 3.61. The smallest absolute Gasteiger partial charge is 0.356 e. The van der Waals surface area contributed by atoms with Crippen molar-refractivity contribution in [2.75, 3.05) is 32.7 Å². The molecule has 1 atom stereocenters. The van der Waals surface area contributed by atoms with Gasteiger partial charge in [-0.05, 0) is 63.8 Å². The lowest BCUT2D eigenvalue weighted by Crippen LogP contribution is -2.44. The first-order valence-electron chi connectivity index (χ1n) is 10.8. The number of likely N-dealkylation sites (tertiary alicyclic amines) is 1. The summed E-state index contributed by atoms with van der Waals surface area (Å²) in [5.74, 6) is 0.0189. The van der Waals surface area contributed by atoms with Gasteiger partial charge in [-0.15, -0.1) is 0 Å². The summed E-state index contributed by atoms with van der Waals surface area (Å²) in [5, 5.41) is 2.45. The molecular weight excluding hydrogens is 467 g/mol. The Bertz CT molecular complexity index is 932. The molecule has 0 saturated carbocycles. The Morgan fingerprint density at radius 3 is 2.41 bits per heavy atom. The maximum absolute atomic E-state index is 13.1. The molecule has 1 aromatic rings. The van der Waals surface area contributed by atoms with Gasteiger partial charge in [0, 0.05) is 38.1 Å². The van der Waals surface area contributed by atoms with Gasteiger partial charge in [0.05, 0.1) is 15.5 Å². The van der Waals surface area contributed by atoms with E-state index in [0.29, 0.717) is 37.4 Å². The SMILES string of the molecule is CC(C)N1CCC(CNC(=O)C2CCN(S(=O)(=O)c3ccc(Cl)c(C(F)(F)F)c3)CC2)C1. The lowest BCUT2D eigenvalue weighted by Gasteiger charge is -2.31. The van der Waals surface area contributed by atoms with E-state index in [1.54, 1.807) is 0 Å². The third kappa shape index (κ3) is 5.76. The molecule has 180 valence electrons. The van der Waals surface area contributed by atoms with E-state index in [1.807, 2.05) is 0 Å². The van der Waals surface area contributed by atoms with Crippen molar-refractivity contribution in [1.82, 2.24) is 14.5 Å².